The number of aromatic nitrogens is 2. The van der Waals surface area contributed by atoms with Crippen LogP contribution in [0.4, 0.5) is 23.3 Å². The highest BCUT2D eigenvalue weighted by atomic mass is 16.5. The molecule has 0 bridgehead atoms. The predicted octanol–water partition coefficient (Wildman–Crippen LogP) is 2.15. The first-order valence-electron chi connectivity index (χ1n) is 8.21. The summed E-state index contributed by atoms with van der Waals surface area (Å²) in [5.74, 6) is 0.557. The van der Waals surface area contributed by atoms with Crippen molar-refractivity contribution in [1.29, 1.82) is 0 Å². The zero-order valence-electron chi connectivity index (χ0n) is 15.0. The van der Waals surface area contributed by atoms with Gasteiger partial charge in [0.1, 0.15) is 29.0 Å². The molecule has 142 valence electrons. The lowest BCUT2D eigenvalue weighted by atomic mass is 10.1. The van der Waals surface area contributed by atoms with Gasteiger partial charge >= 0.3 is 0 Å². The monoisotopic (exact) mass is 378 g/mol. The molecule has 0 fully saturated rings. The lowest BCUT2D eigenvalue weighted by Crippen LogP contribution is -2.17. The Kier molecular flexibility index (Phi) is 5.35. The molecule has 0 unspecified atom stereocenters. The molecule has 0 aliphatic heterocycles. The maximum atomic E-state index is 12.6. The normalized spacial score (nSPS) is 10.2. The predicted molar refractivity (Wildman–Crippen MR) is 106 cm³/mol. The summed E-state index contributed by atoms with van der Waals surface area (Å²) in [6.07, 6.45) is 0. The van der Waals surface area contributed by atoms with Gasteiger partial charge in [0.25, 0.3) is 11.8 Å². The van der Waals surface area contributed by atoms with E-state index in [4.69, 9.17) is 16.2 Å². The van der Waals surface area contributed by atoms with Crippen LogP contribution in [0.3, 0.4) is 0 Å². The molecule has 6 N–H and O–H groups in total. The third-order valence-corrected chi connectivity index (χ3v) is 3.69. The molecule has 0 saturated carbocycles. The Morgan fingerprint density at radius 3 is 1.68 bits per heavy atom. The number of ether oxygens (including phenoxy) is 1. The fraction of sp³-hybridized carbons (Fsp3) is 0.0526. The number of anilines is 4. The molecule has 0 radical (unpaired) electrons. The zero-order valence-corrected chi connectivity index (χ0v) is 15.0. The van der Waals surface area contributed by atoms with E-state index in [-0.39, 0.29) is 22.8 Å². The number of rotatable bonds is 5. The van der Waals surface area contributed by atoms with Crippen LogP contribution in [0.2, 0.25) is 0 Å². The van der Waals surface area contributed by atoms with E-state index < -0.39 is 11.8 Å². The molecule has 28 heavy (non-hydrogen) atoms. The molecule has 0 spiro atoms. The Bertz CT molecular complexity index is 960. The van der Waals surface area contributed by atoms with Gasteiger partial charge in [0.2, 0.25) is 0 Å². The first-order valence-corrected chi connectivity index (χ1v) is 8.21. The Morgan fingerprint density at radius 1 is 0.821 bits per heavy atom. The van der Waals surface area contributed by atoms with Crippen molar-refractivity contribution < 1.29 is 14.3 Å². The molecule has 0 aliphatic rings. The average molecular weight is 378 g/mol. The van der Waals surface area contributed by atoms with Gasteiger partial charge in [0, 0.05) is 11.1 Å². The maximum absolute atomic E-state index is 12.6. The topological polar surface area (TPSA) is 145 Å². The van der Waals surface area contributed by atoms with Gasteiger partial charge in [-0.1, -0.05) is 12.1 Å². The number of nitrogens with zero attached hydrogens (tertiary/aromatic N) is 2. The number of carbonyl (C=O) groups excluding carboxylic acids is 2. The molecule has 2 heterocycles. The number of nitrogen functional groups attached to an aromatic ring is 2. The molecule has 3 rings (SSSR count). The van der Waals surface area contributed by atoms with E-state index in [1.54, 1.807) is 36.4 Å². The number of carbonyl (C=O) groups is 2. The second-order valence-corrected chi connectivity index (χ2v) is 5.75. The summed E-state index contributed by atoms with van der Waals surface area (Å²) in [6.45, 7) is 0. The highest BCUT2D eigenvalue weighted by molar-refractivity contribution is 6.08. The van der Waals surface area contributed by atoms with Crippen LogP contribution in [0.25, 0.3) is 0 Å². The van der Waals surface area contributed by atoms with Crippen molar-refractivity contribution in [1.82, 2.24) is 9.97 Å². The second-order valence-electron chi connectivity index (χ2n) is 5.75. The number of nitrogens with two attached hydrogens (primary N) is 2. The molecular weight excluding hydrogens is 360 g/mol. The zero-order chi connectivity index (χ0) is 20.1. The number of pyridine rings is 2. The first-order chi connectivity index (χ1) is 13.4. The molecule has 0 atom stereocenters. The maximum Gasteiger partial charge on any atom is 0.256 e. The summed E-state index contributed by atoms with van der Waals surface area (Å²) in [5.41, 5.74) is 11.7. The summed E-state index contributed by atoms with van der Waals surface area (Å²) in [4.78, 5) is 33.2. The standard InChI is InChI=1S/C19H18N6O3/c1-28-13-9-11(18(26)24-16-6-2-4-14(20)22-16)8-12(10-13)19(27)25-17-7-3-5-15(21)23-17/h2-10H,1H3,(H3,20,22,24,26)(H3,21,23,25,27). The van der Waals surface area contributed by atoms with Gasteiger partial charge in [-0.3, -0.25) is 9.59 Å². The fourth-order valence-corrected chi connectivity index (χ4v) is 2.40. The van der Waals surface area contributed by atoms with Crippen molar-refractivity contribution in [2.45, 2.75) is 0 Å². The quantitative estimate of drug-likeness (QED) is 0.532. The minimum absolute atomic E-state index is 0.217. The molecule has 0 saturated heterocycles. The molecule has 0 aliphatic carbocycles. The Labute approximate surface area is 160 Å². The van der Waals surface area contributed by atoms with E-state index in [1.165, 1.54) is 25.3 Å². The van der Waals surface area contributed by atoms with E-state index in [0.29, 0.717) is 17.4 Å². The molecular formula is C19H18N6O3. The van der Waals surface area contributed by atoms with Crippen molar-refractivity contribution >= 4 is 35.1 Å². The number of amides is 2. The summed E-state index contributed by atoms with van der Waals surface area (Å²) in [6, 6.07) is 14.2. The SMILES string of the molecule is COc1cc(C(=O)Nc2cccc(N)n2)cc(C(=O)Nc2cccc(N)n2)c1. The number of benzene rings is 1. The second kappa shape index (κ2) is 8.04. The van der Waals surface area contributed by atoms with Gasteiger partial charge in [0.15, 0.2) is 0 Å². The average Bonchev–Trinajstić information content (AvgIpc) is 2.67. The van der Waals surface area contributed by atoms with Crippen molar-refractivity contribution in [2.24, 2.45) is 0 Å². The van der Waals surface area contributed by atoms with Gasteiger partial charge in [-0.25, -0.2) is 9.97 Å². The van der Waals surface area contributed by atoms with Gasteiger partial charge < -0.3 is 26.8 Å². The van der Waals surface area contributed by atoms with E-state index in [1.807, 2.05) is 0 Å². The van der Waals surface area contributed by atoms with Crippen molar-refractivity contribution in [3.8, 4) is 5.75 Å². The highest BCUT2D eigenvalue weighted by Crippen LogP contribution is 2.20. The van der Waals surface area contributed by atoms with Crippen molar-refractivity contribution in [2.75, 3.05) is 29.2 Å². The molecule has 1 aromatic carbocycles. The summed E-state index contributed by atoms with van der Waals surface area (Å²) in [7, 11) is 1.44. The largest absolute Gasteiger partial charge is 0.497 e. The number of hydrogen-bond acceptors (Lipinski definition) is 7. The number of nitrogens with one attached hydrogen (secondary N) is 2. The van der Waals surface area contributed by atoms with Gasteiger partial charge in [-0.2, -0.15) is 0 Å². The van der Waals surface area contributed by atoms with Crippen LogP contribution in [-0.4, -0.2) is 28.9 Å². The Morgan fingerprint density at radius 2 is 1.29 bits per heavy atom. The molecule has 2 amide bonds. The van der Waals surface area contributed by atoms with Crippen molar-refractivity contribution in [3.05, 3.63) is 65.7 Å². The summed E-state index contributed by atoms with van der Waals surface area (Å²) in [5, 5.41) is 5.25. The van der Waals surface area contributed by atoms with Crippen LogP contribution < -0.4 is 26.8 Å². The molecule has 9 nitrogen and oxygen atoms in total. The van der Waals surface area contributed by atoms with E-state index in [2.05, 4.69) is 20.6 Å². The van der Waals surface area contributed by atoms with E-state index in [0.717, 1.165) is 0 Å². The summed E-state index contributed by atoms with van der Waals surface area (Å²) < 4.78 is 5.20. The van der Waals surface area contributed by atoms with Gasteiger partial charge in [-0.05, 0) is 42.5 Å². The lowest BCUT2D eigenvalue weighted by Gasteiger charge is -2.10. The van der Waals surface area contributed by atoms with Crippen LogP contribution in [0.1, 0.15) is 20.7 Å². The summed E-state index contributed by atoms with van der Waals surface area (Å²) >= 11 is 0. The molecule has 9 heteroatoms. The minimum Gasteiger partial charge on any atom is -0.497 e. The Hall–Kier alpha value is -4.14. The van der Waals surface area contributed by atoms with Crippen LogP contribution in [0.15, 0.2) is 54.6 Å². The van der Waals surface area contributed by atoms with Gasteiger partial charge in [0.05, 0.1) is 7.11 Å². The van der Waals surface area contributed by atoms with Crippen LogP contribution in [0.5, 0.6) is 5.75 Å². The lowest BCUT2D eigenvalue weighted by molar-refractivity contribution is 0.102. The van der Waals surface area contributed by atoms with Gasteiger partial charge in [-0.15, -0.1) is 0 Å². The first kappa shape index (κ1) is 18.6. The number of hydrogen-bond donors (Lipinski definition) is 4. The van der Waals surface area contributed by atoms with E-state index >= 15 is 0 Å². The van der Waals surface area contributed by atoms with E-state index in [9.17, 15) is 9.59 Å². The molecule has 3 aromatic rings. The van der Waals surface area contributed by atoms with Crippen LogP contribution in [0, 0.1) is 0 Å². The van der Waals surface area contributed by atoms with Crippen LogP contribution in [-0.2, 0) is 0 Å². The highest BCUT2D eigenvalue weighted by Gasteiger charge is 2.15. The minimum atomic E-state index is -0.465. The third kappa shape index (κ3) is 4.52. The smallest absolute Gasteiger partial charge is 0.256 e. The van der Waals surface area contributed by atoms with Crippen LogP contribution >= 0.6 is 0 Å². The number of methoxy groups -OCH3 is 1. The third-order valence-electron chi connectivity index (χ3n) is 3.69. The fourth-order valence-electron chi connectivity index (χ4n) is 2.40. The molecule has 2 aromatic heterocycles. The Balaban J connectivity index is 1.84. The van der Waals surface area contributed by atoms with Crippen molar-refractivity contribution in [3.63, 3.8) is 0 Å².